The molecule has 8 heteroatoms. The Balaban J connectivity index is 0.00000242. The Bertz CT molecular complexity index is 621. The fourth-order valence-electron chi connectivity index (χ4n) is 2.43. The van der Waals surface area contributed by atoms with E-state index in [0.29, 0.717) is 0 Å². The summed E-state index contributed by atoms with van der Waals surface area (Å²) in [6.07, 6.45) is 1.50. The molecule has 6 nitrogen and oxygen atoms in total. The van der Waals surface area contributed by atoms with Crippen LogP contribution >= 0.6 is 12.4 Å². The summed E-state index contributed by atoms with van der Waals surface area (Å²) in [7, 11) is -2.37. The molecule has 22 heavy (non-hydrogen) atoms. The maximum atomic E-state index is 12.4. The van der Waals surface area contributed by atoms with E-state index < -0.39 is 16.0 Å². The van der Waals surface area contributed by atoms with Crippen LogP contribution in [0.5, 0.6) is 0 Å². The van der Waals surface area contributed by atoms with E-state index in [4.69, 9.17) is 0 Å². The summed E-state index contributed by atoms with van der Waals surface area (Å²) in [5.74, 6) is -0.553. The number of hydrogen-bond acceptors (Lipinski definition) is 5. The second-order valence-electron chi connectivity index (χ2n) is 5.22. The Morgan fingerprint density at radius 3 is 2.77 bits per heavy atom. The molecule has 1 aliphatic heterocycles. The van der Waals surface area contributed by atoms with Crippen LogP contribution < -0.4 is 10.0 Å². The van der Waals surface area contributed by atoms with Crippen LogP contribution in [0.2, 0.25) is 0 Å². The van der Waals surface area contributed by atoms with Crippen LogP contribution in [0.1, 0.15) is 30.1 Å². The predicted molar refractivity (Wildman–Crippen MR) is 85.8 cm³/mol. The van der Waals surface area contributed by atoms with Gasteiger partial charge < -0.3 is 10.1 Å². The molecule has 0 saturated carbocycles. The van der Waals surface area contributed by atoms with E-state index in [1.165, 1.54) is 31.4 Å². The summed E-state index contributed by atoms with van der Waals surface area (Å²) in [4.78, 5) is 11.6. The highest BCUT2D eigenvalue weighted by Gasteiger charge is 2.24. The van der Waals surface area contributed by atoms with Crippen molar-refractivity contribution in [2.75, 3.05) is 13.7 Å². The van der Waals surface area contributed by atoms with Crippen LogP contribution in [0, 0.1) is 0 Å². The lowest BCUT2D eigenvalue weighted by Gasteiger charge is -2.28. The van der Waals surface area contributed by atoms with Crippen molar-refractivity contribution >= 4 is 28.4 Å². The number of piperidine rings is 1. The summed E-state index contributed by atoms with van der Waals surface area (Å²) in [6, 6.07) is 6.06. The maximum Gasteiger partial charge on any atom is 0.337 e. The largest absolute Gasteiger partial charge is 0.465 e. The second kappa shape index (κ2) is 7.92. The van der Waals surface area contributed by atoms with Gasteiger partial charge in [0.15, 0.2) is 0 Å². The monoisotopic (exact) mass is 348 g/mol. The van der Waals surface area contributed by atoms with E-state index >= 15 is 0 Å². The molecular formula is C14H21ClN2O4S. The number of halogens is 1. The molecule has 1 saturated heterocycles. The number of ether oxygens (including phenoxy) is 1. The summed E-state index contributed by atoms with van der Waals surface area (Å²) >= 11 is 0. The van der Waals surface area contributed by atoms with Crippen LogP contribution in [0.4, 0.5) is 0 Å². The molecule has 2 N–H and O–H groups in total. The third-order valence-corrected chi connectivity index (χ3v) is 5.03. The lowest BCUT2D eigenvalue weighted by Crippen LogP contribution is -2.46. The van der Waals surface area contributed by atoms with Crippen LogP contribution in [0.15, 0.2) is 29.2 Å². The van der Waals surface area contributed by atoms with Crippen molar-refractivity contribution in [1.82, 2.24) is 10.0 Å². The molecule has 1 aromatic carbocycles. The Hall–Kier alpha value is -1.15. The Morgan fingerprint density at radius 2 is 2.14 bits per heavy atom. The average molecular weight is 349 g/mol. The molecular weight excluding hydrogens is 328 g/mol. The van der Waals surface area contributed by atoms with Gasteiger partial charge in [-0.1, -0.05) is 6.07 Å². The van der Waals surface area contributed by atoms with E-state index in [2.05, 4.69) is 14.8 Å². The molecule has 0 radical (unpaired) electrons. The van der Waals surface area contributed by atoms with Gasteiger partial charge in [0.25, 0.3) is 0 Å². The summed E-state index contributed by atoms with van der Waals surface area (Å²) in [5, 5.41) is 3.27. The topological polar surface area (TPSA) is 84.5 Å². The molecule has 124 valence electrons. The van der Waals surface area contributed by atoms with Crippen molar-refractivity contribution in [2.45, 2.75) is 36.7 Å². The van der Waals surface area contributed by atoms with Crippen molar-refractivity contribution in [3.63, 3.8) is 0 Å². The summed E-state index contributed by atoms with van der Waals surface area (Å²) in [5.41, 5.74) is 0.221. The first-order valence-corrected chi connectivity index (χ1v) is 8.35. The van der Waals surface area contributed by atoms with Crippen molar-refractivity contribution in [2.24, 2.45) is 0 Å². The molecule has 0 aromatic heterocycles. The zero-order valence-electron chi connectivity index (χ0n) is 12.5. The molecule has 2 rings (SSSR count). The third kappa shape index (κ3) is 4.67. The molecule has 1 aromatic rings. The molecule has 0 spiro atoms. The number of hydrogen-bond donors (Lipinski definition) is 2. The average Bonchev–Trinajstić information content (AvgIpc) is 2.46. The van der Waals surface area contributed by atoms with Gasteiger partial charge in [0.2, 0.25) is 10.0 Å². The molecule has 0 aliphatic carbocycles. The number of rotatable bonds is 4. The number of esters is 1. The Morgan fingerprint density at radius 1 is 1.41 bits per heavy atom. The molecule has 0 bridgehead atoms. The van der Waals surface area contributed by atoms with Crippen LogP contribution in [0.25, 0.3) is 0 Å². The first kappa shape index (κ1) is 18.9. The van der Waals surface area contributed by atoms with Crippen molar-refractivity contribution in [3.05, 3.63) is 29.8 Å². The van der Waals surface area contributed by atoms with E-state index in [1.807, 2.05) is 6.92 Å². The fourth-order valence-corrected chi connectivity index (χ4v) is 3.76. The number of carbonyl (C=O) groups is 1. The Kier molecular flexibility index (Phi) is 6.80. The molecule has 2 atom stereocenters. The number of methoxy groups -OCH3 is 1. The second-order valence-corrected chi connectivity index (χ2v) is 6.93. The van der Waals surface area contributed by atoms with Gasteiger partial charge >= 0.3 is 5.97 Å². The van der Waals surface area contributed by atoms with Gasteiger partial charge in [0.05, 0.1) is 17.6 Å². The minimum atomic E-state index is -3.63. The summed E-state index contributed by atoms with van der Waals surface area (Å²) in [6.45, 7) is 2.81. The number of carbonyl (C=O) groups excluding carboxylic acids is 1. The van der Waals surface area contributed by atoms with Gasteiger partial charge in [0, 0.05) is 12.1 Å². The van der Waals surface area contributed by atoms with Gasteiger partial charge in [-0.05, 0) is 44.5 Å². The number of nitrogens with one attached hydrogen (secondary N) is 2. The van der Waals surface area contributed by atoms with Crippen molar-refractivity contribution in [3.8, 4) is 0 Å². The highest BCUT2D eigenvalue weighted by molar-refractivity contribution is 7.89. The lowest BCUT2D eigenvalue weighted by atomic mass is 10.0. The van der Waals surface area contributed by atoms with E-state index in [0.717, 1.165) is 19.4 Å². The molecule has 1 fully saturated rings. The van der Waals surface area contributed by atoms with Crippen LogP contribution in [-0.2, 0) is 14.8 Å². The van der Waals surface area contributed by atoms with Crippen molar-refractivity contribution in [1.29, 1.82) is 0 Å². The number of benzene rings is 1. The van der Waals surface area contributed by atoms with Crippen LogP contribution in [0.3, 0.4) is 0 Å². The smallest absolute Gasteiger partial charge is 0.337 e. The molecule has 1 heterocycles. The zero-order valence-corrected chi connectivity index (χ0v) is 14.2. The first-order valence-electron chi connectivity index (χ1n) is 6.86. The van der Waals surface area contributed by atoms with Gasteiger partial charge in [-0.25, -0.2) is 17.9 Å². The van der Waals surface area contributed by atoms with Gasteiger partial charge in [0.1, 0.15) is 0 Å². The van der Waals surface area contributed by atoms with Gasteiger partial charge in [-0.3, -0.25) is 0 Å². The normalized spacial score (nSPS) is 21.7. The molecule has 1 aliphatic rings. The van der Waals surface area contributed by atoms with Gasteiger partial charge in [-0.2, -0.15) is 0 Å². The highest BCUT2D eigenvalue weighted by Crippen LogP contribution is 2.16. The third-order valence-electron chi connectivity index (χ3n) is 3.51. The fraction of sp³-hybridized carbons (Fsp3) is 0.500. The number of sulfonamides is 1. The van der Waals surface area contributed by atoms with Gasteiger partial charge in [-0.15, -0.1) is 12.4 Å². The molecule has 0 amide bonds. The SMILES string of the molecule is COC(=O)c1cccc(S(=O)(=O)NC2CCNC(C)C2)c1.Cl. The zero-order chi connectivity index (χ0) is 15.5. The van der Waals surface area contributed by atoms with Crippen LogP contribution in [-0.4, -0.2) is 40.1 Å². The minimum Gasteiger partial charge on any atom is -0.465 e. The van der Waals surface area contributed by atoms with Crippen molar-refractivity contribution < 1.29 is 17.9 Å². The highest BCUT2D eigenvalue weighted by atomic mass is 35.5. The maximum absolute atomic E-state index is 12.4. The van der Waals surface area contributed by atoms with E-state index in [1.54, 1.807) is 0 Å². The first-order chi connectivity index (χ1) is 9.92. The predicted octanol–water partition coefficient (Wildman–Crippen LogP) is 1.31. The summed E-state index contributed by atoms with van der Waals surface area (Å²) < 4.78 is 32.1. The quantitative estimate of drug-likeness (QED) is 0.801. The lowest BCUT2D eigenvalue weighted by molar-refractivity contribution is 0.0600. The Labute approximate surface area is 137 Å². The van der Waals surface area contributed by atoms with E-state index in [9.17, 15) is 13.2 Å². The minimum absolute atomic E-state index is 0. The molecule has 2 unspecified atom stereocenters. The standard InChI is InChI=1S/C14H20N2O4S.ClH/c1-10-8-12(6-7-15-10)16-21(18,19)13-5-3-4-11(9-13)14(17)20-2;/h3-5,9-10,12,15-16H,6-8H2,1-2H3;1H. The van der Waals surface area contributed by atoms with E-state index in [-0.39, 0.29) is 34.9 Å².